The quantitative estimate of drug-likeness (QED) is 0.562. The lowest BCUT2D eigenvalue weighted by atomic mass is 10.1. The first-order chi connectivity index (χ1) is 12.7. The molecule has 0 atom stereocenters. The van der Waals surface area contributed by atoms with Gasteiger partial charge in [-0.3, -0.25) is 4.79 Å². The van der Waals surface area contributed by atoms with Crippen LogP contribution in [0.3, 0.4) is 0 Å². The van der Waals surface area contributed by atoms with Gasteiger partial charge in [-0.05, 0) is 29.7 Å². The highest BCUT2D eigenvalue weighted by Crippen LogP contribution is 2.12. The number of benzene rings is 3. The van der Waals surface area contributed by atoms with E-state index in [1.807, 2.05) is 59.5 Å². The molecule has 0 fully saturated rings. The van der Waals surface area contributed by atoms with Gasteiger partial charge in [0, 0.05) is 19.2 Å². The summed E-state index contributed by atoms with van der Waals surface area (Å²) in [7, 11) is 0. The van der Waals surface area contributed by atoms with Crippen molar-refractivity contribution in [3.63, 3.8) is 0 Å². The summed E-state index contributed by atoms with van der Waals surface area (Å²) in [5.41, 5.74) is 4.49. The number of carbonyl (C=O) groups is 1. The number of hydrogen-bond acceptors (Lipinski definition) is 1. The second-order valence-corrected chi connectivity index (χ2v) is 6.41. The third kappa shape index (κ3) is 5.18. The fourth-order valence-corrected chi connectivity index (χ4v) is 2.77. The van der Waals surface area contributed by atoms with Gasteiger partial charge in [0.05, 0.1) is 0 Å². The molecule has 0 bridgehead atoms. The fourth-order valence-electron chi connectivity index (χ4n) is 2.77. The van der Waals surface area contributed by atoms with E-state index in [0.29, 0.717) is 13.1 Å². The lowest BCUT2D eigenvalue weighted by Gasteiger charge is -2.21. The van der Waals surface area contributed by atoms with E-state index in [9.17, 15) is 4.79 Å². The maximum absolute atomic E-state index is 12.8. The zero-order chi connectivity index (χ0) is 18.2. The highest BCUT2D eigenvalue weighted by molar-refractivity contribution is 5.91. The Balaban J connectivity index is 1.76. The van der Waals surface area contributed by atoms with Gasteiger partial charge in [0.2, 0.25) is 5.91 Å². The molecule has 0 unspecified atom stereocenters. The molecule has 0 heterocycles. The predicted molar refractivity (Wildman–Crippen MR) is 107 cm³/mol. The second-order valence-electron chi connectivity index (χ2n) is 6.41. The zero-order valence-corrected chi connectivity index (χ0v) is 15.0. The lowest BCUT2D eigenvalue weighted by Crippen LogP contribution is -2.28. The molecule has 130 valence electrons. The fraction of sp³-hybridized carbons (Fsp3) is 0.125. The minimum absolute atomic E-state index is 0.0123. The molecule has 0 aliphatic carbocycles. The molecule has 0 saturated carbocycles. The summed E-state index contributed by atoms with van der Waals surface area (Å²) >= 11 is 0. The van der Waals surface area contributed by atoms with E-state index in [2.05, 4.69) is 43.3 Å². The Morgan fingerprint density at radius 2 is 1.27 bits per heavy atom. The van der Waals surface area contributed by atoms with Gasteiger partial charge in [0.25, 0.3) is 0 Å². The van der Waals surface area contributed by atoms with Crippen molar-refractivity contribution < 1.29 is 4.79 Å². The smallest absolute Gasteiger partial charge is 0.247 e. The number of aryl methyl sites for hydroxylation is 1. The molecule has 0 saturated heterocycles. The van der Waals surface area contributed by atoms with Crippen molar-refractivity contribution in [2.75, 3.05) is 0 Å². The van der Waals surface area contributed by atoms with Gasteiger partial charge in [0.1, 0.15) is 0 Å². The summed E-state index contributed by atoms with van der Waals surface area (Å²) in [6.07, 6.45) is 3.54. The lowest BCUT2D eigenvalue weighted by molar-refractivity contribution is -0.127. The topological polar surface area (TPSA) is 20.3 Å². The van der Waals surface area contributed by atoms with Gasteiger partial charge in [-0.2, -0.15) is 0 Å². The van der Waals surface area contributed by atoms with Crippen LogP contribution in [0.1, 0.15) is 22.3 Å². The van der Waals surface area contributed by atoms with E-state index in [-0.39, 0.29) is 5.91 Å². The van der Waals surface area contributed by atoms with Crippen LogP contribution in [-0.4, -0.2) is 10.8 Å². The highest BCUT2D eigenvalue weighted by atomic mass is 16.2. The molecule has 3 rings (SSSR count). The van der Waals surface area contributed by atoms with Crippen LogP contribution < -0.4 is 0 Å². The summed E-state index contributed by atoms with van der Waals surface area (Å²) in [5, 5.41) is 0. The Morgan fingerprint density at radius 1 is 0.769 bits per heavy atom. The third-order valence-corrected chi connectivity index (χ3v) is 4.24. The molecule has 3 aromatic rings. The van der Waals surface area contributed by atoms with Gasteiger partial charge >= 0.3 is 0 Å². The molecule has 2 nitrogen and oxygen atoms in total. The average Bonchev–Trinajstić information content (AvgIpc) is 2.68. The molecular formula is C24H23NO. The number of amides is 1. The van der Waals surface area contributed by atoms with Gasteiger partial charge in [-0.1, -0.05) is 90.5 Å². The Bertz CT molecular complexity index is 810. The van der Waals surface area contributed by atoms with Crippen LogP contribution in [0.4, 0.5) is 0 Å². The van der Waals surface area contributed by atoms with Crippen molar-refractivity contribution in [1.29, 1.82) is 0 Å². The molecule has 0 aliphatic heterocycles. The van der Waals surface area contributed by atoms with Crippen LogP contribution in [0.15, 0.2) is 91.0 Å². The Kier molecular flexibility index (Phi) is 6.00. The van der Waals surface area contributed by atoms with E-state index in [1.165, 1.54) is 5.56 Å². The molecule has 2 heteroatoms. The Hall–Kier alpha value is -3.13. The summed E-state index contributed by atoms with van der Waals surface area (Å²) in [6, 6.07) is 28.3. The minimum atomic E-state index is 0.0123. The SMILES string of the molecule is Cc1ccc(/C=C/C(=O)N(Cc2ccccc2)Cc2ccccc2)cc1. The average molecular weight is 341 g/mol. The number of hydrogen-bond donors (Lipinski definition) is 0. The monoisotopic (exact) mass is 341 g/mol. The van der Waals surface area contributed by atoms with Crippen LogP contribution in [0.25, 0.3) is 6.08 Å². The number of nitrogens with zero attached hydrogens (tertiary/aromatic N) is 1. The van der Waals surface area contributed by atoms with E-state index in [0.717, 1.165) is 16.7 Å². The summed E-state index contributed by atoms with van der Waals surface area (Å²) in [6.45, 7) is 3.24. The maximum Gasteiger partial charge on any atom is 0.247 e. The van der Waals surface area contributed by atoms with Crippen LogP contribution in [-0.2, 0) is 17.9 Å². The van der Waals surface area contributed by atoms with Crippen molar-refractivity contribution in [2.24, 2.45) is 0 Å². The first kappa shape index (κ1) is 17.7. The number of rotatable bonds is 6. The Labute approximate surface area is 155 Å². The summed E-state index contributed by atoms with van der Waals surface area (Å²) < 4.78 is 0. The highest BCUT2D eigenvalue weighted by Gasteiger charge is 2.12. The van der Waals surface area contributed by atoms with Gasteiger partial charge in [-0.25, -0.2) is 0 Å². The second kappa shape index (κ2) is 8.82. The first-order valence-corrected chi connectivity index (χ1v) is 8.82. The Morgan fingerprint density at radius 3 is 1.77 bits per heavy atom. The van der Waals surface area contributed by atoms with Gasteiger partial charge in [-0.15, -0.1) is 0 Å². The molecule has 0 aromatic heterocycles. The third-order valence-electron chi connectivity index (χ3n) is 4.24. The van der Waals surface area contributed by atoms with Crippen molar-refractivity contribution in [1.82, 2.24) is 4.90 Å². The van der Waals surface area contributed by atoms with Crippen molar-refractivity contribution in [3.8, 4) is 0 Å². The van der Waals surface area contributed by atoms with Crippen molar-refractivity contribution >= 4 is 12.0 Å². The molecule has 0 radical (unpaired) electrons. The summed E-state index contributed by atoms with van der Waals surface area (Å²) in [4.78, 5) is 14.7. The van der Waals surface area contributed by atoms with Gasteiger partial charge in [0.15, 0.2) is 0 Å². The van der Waals surface area contributed by atoms with E-state index in [4.69, 9.17) is 0 Å². The van der Waals surface area contributed by atoms with Crippen LogP contribution >= 0.6 is 0 Å². The van der Waals surface area contributed by atoms with Crippen molar-refractivity contribution in [2.45, 2.75) is 20.0 Å². The van der Waals surface area contributed by atoms with E-state index < -0.39 is 0 Å². The predicted octanol–water partition coefficient (Wildman–Crippen LogP) is 5.24. The van der Waals surface area contributed by atoms with Crippen molar-refractivity contribution in [3.05, 3.63) is 113 Å². The molecular weight excluding hydrogens is 318 g/mol. The number of carbonyl (C=O) groups excluding carboxylic acids is 1. The first-order valence-electron chi connectivity index (χ1n) is 8.82. The van der Waals surface area contributed by atoms with Gasteiger partial charge < -0.3 is 4.90 Å². The zero-order valence-electron chi connectivity index (χ0n) is 15.0. The minimum Gasteiger partial charge on any atom is -0.331 e. The molecule has 3 aromatic carbocycles. The van der Waals surface area contributed by atoms with Crippen LogP contribution in [0, 0.1) is 6.92 Å². The molecule has 1 amide bonds. The molecule has 26 heavy (non-hydrogen) atoms. The molecule has 0 aliphatic rings. The normalized spacial score (nSPS) is 10.8. The van der Waals surface area contributed by atoms with Crippen LogP contribution in [0.5, 0.6) is 0 Å². The maximum atomic E-state index is 12.8. The molecule has 0 N–H and O–H groups in total. The molecule has 0 spiro atoms. The standard InChI is InChI=1S/C24H23NO/c1-20-12-14-21(15-13-20)16-17-24(26)25(18-22-8-4-2-5-9-22)19-23-10-6-3-7-11-23/h2-17H,18-19H2,1H3/b17-16+. The largest absolute Gasteiger partial charge is 0.331 e. The van der Waals surface area contributed by atoms with E-state index in [1.54, 1.807) is 6.08 Å². The van der Waals surface area contributed by atoms with E-state index >= 15 is 0 Å². The summed E-state index contributed by atoms with van der Waals surface area (Å²) in [5.74, 6) is 0.0123. The van der Waals surface area contributed by atoms with Crippen LogP contribution in [0.2, 0.25) is 0 Å².